The van der Waals surface area contributed by atoms with Crippen LogP contribution in [0.3, 0.4) is 0 Å². The fourth-order valence-electron chi connectivity index (χ4n) is 2.02. The first-order valence-electron chi connectivity index (χ1n) is 5.97. The molecule has 0 aliphatic carbocycles. The highest BCUT2D eigenvalue weighted by molar-refractivity contribution is 7.88. The Labute approximate surface area is 107 Å². The molecule has 0 saturated carbocycles. The molecule has 100 valence electrons. The molecule has 1 atom stereocenters. The van der Waals surface area contributed by atoms with Crippen LogP contribution in [0.2, 0.25) is 0 Å². The van der Waals surface area contributed by atoms with Gasteiger partial charge < -0.3 is 10.1 Å². The lowest BCUT2D eigenvalue weighted by atomic mass is 10.1. The third-order valence-corrected chi connectivity index (χ3v) is 3.59. The van der Waals surface area contributed by atoms with Crippen LogP contribution in [0.4, 0.5) is 5.69 Å². The van der Waals surface area contributed by atoms with Crippen molar-refractivity contribution in [3.05, 3.63) is 29.8 Å². The SMILES string of the molecule is NS(=O)(=O)Cc1ccc(NC2CCCOC2)cc1. The summed E-state index contributed by atoms with van der Waals surface area (Å²) >= 11 is 0. The molecule has 1 heterocycles. The van der Waals surface area contributed by atoms with Crippen LogP contribution >= 0.6 is 0 Å². The molecule has 3 N–H and O–H groups in total. The number of sulfonamides is 1. The Kier molecular flexibility index (Phi) is 4.21. The van der Waals surface area contributed by atoms with Crippen LogP contribution in [0, 0.1) is 0 Å². The molecular formula is C12H18N2O3S. The molecule has 6 heteroatoms. The Morgan fingerprint density at radius 3 is 2.61 bits per heavy atom. The Hall–Kier alpha value is -1.11. The second-order valence-electron chi connectivity index (χ2n) is 4.56. The van der Waals surface area contributed by atoms with E-state index in [1.54, 1.807) is 12.1 Å². The molecule has 0 radical (unpaired) electrons. The van der Waals surface area contributed by atoms with E-state index in [4.69, 9.17) is 9.88 Å². The van der Waals surface area contributed by atoms with E-state index in [1.165, 1.54) is 0 Å². The van der Waals surface area contributed by atoms with Gasteiger partial charge in [0.05, 0.1) is 12.4 Å². The molecule has 18 heavy (non-hydrogen) atoms. The van der Waals surface area contributed by atoms with Crippen molar-refractivity contribution in [2.24, 2.45) is 5.14 Å². The van der Waals surface area contributed by atoms with Gasteiger partial charge in [-0.25, -0.2) is 13.6 Å². The molecule has 0 spiro atoms. The van der Waals surface area contributed by atoms with Crippen LogP contribution in [-0.4, -0.2) is 27.7 Å². The van der Waals surface area contributed by atoms with Gasteiger partial charge in [0.2, 0.25) is 10.0 Å². The van der Waals surface area contributed by atoms with Crippen LogP contribution in [0.15, 0.2) is 24.3 Å². The van der Waals surface area contributed by atoms with E-state index in [9.17, 15) is 8.42 Å². The van der Waals surface area contributed by atoms with Gasteiger partial charge in [-0.1, -0.05) is 12.1 Å². The van der Waals surface area contributed by atoms with E-state index >= 15 is 0 Å². The first-order valence-corrected chi connectivity index (χ1v) is 7.68. The zero-order valence-corrected chi connectivity index (χ0v) is 10.9. The summed E-state index contributed by atoms with van der Waals surface area (Å²) in [4.78, 5) is 0. The molecule has 1 aromatic carbocycles. The van der Waals surface area contributed by atoms with Crippen molar-refractivity contribution in [3.8, 4) is 0 Å². The molecule has 1 fully saturated rings. The van der Waals surface area contributed by atoms with E-state index in [2.05, 4.69) is 5.32 Å². The lowest BCUT2D eigenvalue weighted by molar-refractivity contribution is 0.0876. The van der Waals surface area contributed by atoms with Crippen LogP contribution in [0.5, 0.6) is 0 Å². The van der Waals surface area contributed by atoms with Gasteiger partial charge in [-0.05, 0) is 30.5 Å². The number of hydrogen-bond acceptors (Lipinski definition) is 4. The van der Waals surface area contributed by atoms with Gasteiger partial charge in [0.15, 0.2) is 0 Å². The van der Waals surface area contributed by atoms with Crippen LogP contribution < -0.4 is 10.5 Å². The number of nitrogens with two attached hydrogens (primary N) is 1. The topological polar surface area (TPSA) is 81.4 Å². The first-order chi connectivity index (χ1) is 8.53. The van der Waals surface area contributed by atoms with Gasteiger partial charge >= 0.3 is 0 Å². The second kappa shape index (κ2) is 5.69. The van der Waals surface area contributed by atoms with Crippen molar-refractivity contribution in [1.29, 1.82) is 0 Å². The highest BCUT2D eigenvalue weighted by Gasteiger charge is 2.13. The summed E-state index contributed by atoms with van der Waals surface area (Å²) in [6, 6.07) is 7.62. The molecule has 1 saturated heterocycles. The Balaban J connectivity index is 1.94. The second-order valence-corrected chi connectivity index (χ2v) is 6.18. The fraction of sp³-hybridized carbons (Fsp3) is 0.500. The van der Waals surface area contributed by atoms with E-state index in [1.807, 2.05) is 12.1 Å². The largest absolute Gasteiger partial charge is 0.380 e. The smallest absolute Gasteiger partial charge is 0.213 e. The van der Waals surface area contributed by atoms with Crippen LogP contribution in [-0.2, 0) is 20.5 Å². The van der Waals surface area contributed by atoms with Crippen LogP contribution in [0.1, 0.15) is 18.4 Å². The van der Waals surface area contributed by atoms with Crippen molar-refractivity contribution in [2.45, 2.75) is 24.6 Å². The van der Waals surface area contributed by atoms with Crippen molar-refractivity contribution >= 4 is 15.7 Å². The summed E-state index contributed by atoms with van der Waals surface area (Å²) in [5.41, 5.74) is 1.67. The maximum atomic E-state index is 10.9. The minimum atomic E-state index is -3.46. The average Bonchev–Trinajstić information content (AvgIpc) is 2.31. The maximum absolute atomic E-state index is 10.9. The van der Waals surface area contributed by atoms with E-state index in [0.717, 1.165) is 31.7 Å². The highest BCUT2D eigenvalue weighted by Crippen LogP contribution is 2.16. The van der Waals surface area contributed by atoms with Crippen molar-refractivity contribution < 1.29 is 13.2 Å². The van der Waals surface area contributed by atoms with Gasteiger partial charge in [0.1, 0.15) is 0 Å². The quantitative estimate of drug-likeness (QED) is 0.857. The van der Waals surface area contributed by atoms with Gasteiger partial charge in [-0.15, -0.1) is 0 Å². The normalized spacial score (nSPS) is 20.6. The summed E-state index contributed by atoms with van der Waals surface area (Å²) in [5.74, 6) is -0.125. The Morgan fingerprint density at radius 2 is 2.06 bits per heavy atom. The molecule has 2 rings (SSSR count). The predicted octanol–water partition coefficient (Wildman–Crippen LogP) is 1.07. The number of anilines is 1. The third-order valence-electron chi connectivity index (χ3n) is 2.85. The summed E-state index contributed by atoms with van der Waals surface area (Å²) in [6.07, 6.45) is 2.17. The monoisotopic (exact) mass is 270 g/mol. The molecule has 1 unspecified atom stereocenters. The average molecular weight is 270 g/mol. The number of primary sulfonamides is 1. The molecule has 0 aromatic heterocycles. The standard InChI is InChI=1S/C12H18N2O3S/c13-18(15,16)9-10-3-5-11(6-4-10)14-12-2-1-7-17-8-12/h3-6,12,14H,1-2,7-9H2,(H2,13,15,16). The molecule has 1 aliphatic heterocycles. The molecule has 1 aromatic rings. The lowest BCUT2D eigenvalue weighted by Crippen LogP contribution is -2.29. The van der Waals surface area contributed by atoms with E-state index < -0.39 is 10.0 Å². The molecule has 0 amide bonds. The van der Waals surface area contributed by atoms with Gasteiger partial charge in [-0.3, -0.25) is 0 Å². The third kappa shape index (κ3) is 4.29. The highest BCUT2D eigenvalue weighted by atomic mass is 32.2. The van der Waals surface area contributed by atoms with E-state index in [-0.39, 0.29) is 5.75 Å². The van der Waals surface area contributed by atoms with E-state index in [0.29, 0.717) is 11.6 Å². The van der Waals surface area contributed by atoms with Crippen LogP contribution in [0.25, 0.3) is 0 Å². The Morgan fingerprint density at radius 1 is 1.33 bits per heavy atom. The summed E-state index contributed by atoms with van der Waals surface area (Å²) in [7, 11) is -3.46. The van der Waals surface area contributed by atoms with Crippen molar-refractivity contribution in [3.63, 3.8) is 0 Å². The fourth-order valence-corrected chi connectivity index (χ4v) is 2.68. The van der Waals surface area contributed by atoms with Crippen molar-refractivity contribution in [1.82, 2.24) is 0 Å². The zero-order chi connectivity index (χ0) is 13.0. The van der Waals surface area contributed by atoms with Gasteiger partial charge in [0.25, 0.3) is 0 Å². The lowest BCUT2D eigenvalue weighted by Gasteiger charge is -2.24. The molecular weight excluding hydrogens is 252 g/mol. The minimum absolute atomic E-state index is 0.125. The van der Waals surface area contributed by atoms with Crippen molar-refractivity contribution in [2.75, 3.05) is 18.5 Å². The minimum Gasteiger partial charge on any atom is -0.380 e. The number of hydrogen-bond donors (Lipinski definition) is 2. The number of benzene rings is 1. The molecule has 5 nitrogen and oxygen atoms in total. The summed E-state index contributed by atoms with van der Waals surface area (Å²) in [5, 5.41) is 8.36. The summed E-state index contributed by atoms with van der Waals surface area (Å²) in [6.45, 7) is 1.56. The summed E-state index contributed by atoms with van der Waals surface area (Å²) < 4.78 is 27.3. The Bertz CT molecular complexity index is 479. The maximum Gasteiger partial charge on any atom is 0.213 e. The molecule has 0 bridgehead atoms. The number of nitrogens with one attached hydrogen (secondary N) is 1. The zero-order valence-electron chi connectivity index (χ0n) is 10.1. The predicted molar refractivity (Wildman–Crippen MR) is 70.7 cm³/mol. The number of rotatable bonds is 4. The van der Waals surface area contributed by atoms with Gasteiger partial charge in [-0.2, -0.15) is 0 Å². The van der Waals surface area contributed by atoms with Gasteiger partial charge in [0, 0.05) is 18.3 Å². The first kappa shape index (κ1) is 13.3. The number of ether oxygens (including phenoxy) is 1. The molecule has 1 aliphatic rings.